The topological polar surface area (TPSA) is 118 Å². The first-order chi connectivity index (χ1) is 8.29. The molecule has 1 aromatic carbocycles. The molecule has 0 radical (unpaired) electrons. The third-order valence-electron chi connectivity index (χ3n) is 2.57. The zero-order chi connectivity index (χ0) is 13.5. The van der Waals surface area contributed by atoms with Gasteiger partial charge in [0.1, 0.15) is 4.90 Å². The Kier molecular flexibility index (Phi) is 2.83. The summed E-state index contributed by atoms with van der Waals surface area (Å²) in [7, 11) is -4.39. The summed E-state index contributed by atoms with van der Waals surface area (Å²) in [6, 6.07) is 3.64. The maximum Gasteiger partial charge on any atom is 0.296 e. The van der Waals surface area contributed by atoms with Crippen LogP contribution in [-0.2, 0) is 19.7 Å². The Labute approximate surface area is 103 Å². The second-order valence-electron chi connectivity index (χ2n) is 3.89. The van der Waals surface area contributed by atoms with Crippen molar-refractivity contribution >= 4 is 33.2 Å². The fourth-order valence-electron chi connectivity index (χ4n) is 1.76. The summed E-state index contributed by atoms with van der Waals surface area (Å²) in [5.41, 5.74) is 5.64. The predicted molar refractivity (Wildman–Crippen MR) is 62.6 cm³/mol. The van der Waals surface area contributed by atoms with Crippen LogP contribution < -0.4 is 10.6 Å². The van der Waals surface area contributed by atoms with Crippen LogP contribution in [0.5, 0.6) is 0 Å². The fraction of sp³-hybridized carbons (Fsp3) is 0.200. The fourth-order valence-corrected chi connectivity index (χ4v) is 2.36. The smallest absolute Gasteiger partial charge is 0.296 e. The first-order valence-corrected chi connectivity index (χ1v) is 6.42. The van der Waals surface area contributed by atoms with E-state index in [4.69, 9.17) is 10.3 Å². The van der Waals surface area contributed by atoms with E-state index in [0.29, 0.717) is 5.69 Å². The number of amides is 1. The van der Waals surface area contributed by atoms with Crippen LogP contribution in [0.2, 0.25) is 0 Å². The van der Waals surface area contributed by atoms with Crippen LogP contribution in [0, 0.1) is 0 Å². The van der Waals surface area contributed by atoms with E-state index in [0.717, 1.165) is 6.07 Å². The molecule has 7 nitrogen and oxygen atoms in total. The molecule has 1 heterocycles. The molecule has 3 N–H and O–H groups in total. The molecule has 0 bridgehead atoms. The number of hydrogen-bond acceptors (Lipinski definition) is 5. The first kappa shape index (κ1) is 12.5. The van der Waals surface area contributed by atoms with Gasteiger partial charge in [-0.3, -0.25) is 14.1 Å². The van der Waals surface area contributed by atoms with Crippen molar-refractivity contribution in [3.8, 4) is 0 Å². The molecule has 1 aromatic rings. The van der Waals surface area contributed by atoms with Crippen molar-refractivity contribution in [1.29, 1.82) is 0 Å². The Morgan fingerprint density at radius 1 is 1.28 bits per heavy atom. The van der Waals surface area contributed by atoms with Crippen molar-refractivity contribution in [3.63, 3.8) is 0 Å². The summed E-state index contributed by atoms with van der Waals surface area (Å²) in [5.74, 6) is -0.573. The molecular formula is C10H10N2O5S. The van der Waals surface area contributed by atoms with Gasteiger partial charge in [-0.1, -0.05) is 0 Å². The van der Waals surface area contributed by atoms with E-state index in [1.807, 2.05) is 0 Å². The summed E-state index contributed by atoms with van der Waals surface area (Å²) in [6.45, 7) is -0.0521. The minimum Gasteiger partial charge on any atom is -0.398 e. The lowest BCUT2D eigenvalue weighted by Crippen LogP contribution is -2.24. The average molecular weight is 270 g/mol. The zero-order valence-electron chi connectivity index (χ0n) is 9.16. The number of hydrogen-bond donors (Lipinski definition) is 2. The predicted octanol–water partition coefficient (Wildman–Crippen LogP) is -0.179. The van der Waals surface area contributed by atoms with Gasteiger partial charge in [-0.15, -0.1) is 0 Å². The second-order valence-corrected chi connectivity index (χ2v) is 5.28. The molecule has 0 unspecified atom stereocenters. The van der Waals surface area contributed by atoms with E-state index in [1.54, 1.807) is 0 Å². The minimum absolute atomic E-state index is 0.0521. The number of nitrogens with zero attached hydrogens (tertiary/aromatic N) is 1. The number of nitrogen functional groups attached to an aromatic ring is 1. The molecule has 1 aliphatic heterocycles. The number of carbonyl (C=O) groups excluding carboxylic acids is 2. The quantitative estimate of drug-likeness (QED) is 0.437. The van der Waals surface area contributed by atoms with Gasteiger partial charge in [0.05, 0.1) is 18.7 Å². The van der Waals surface area contributed by atoms with Crippen molar-refractivity contribution in [2.45, 2.75) is 11.3 Å². The van der Waals surface area contributed by atoms with E-state index in [1.165, 1.54) is 17.0 Å². The van der Waals surface area contributed by atoms with Crippen molar-refractivity contribution in [1.82, 2.24) is 0 Å². The van der Waals surface area contributed by atoms with E-state index >= 15 is 0 Å². The number of rotatable bonds is 2. The van der Waals surface area contributed by atoms with Gasteiger partial charge in [-0.2, -0.15) is 8.42 Å². The molecule has 0 aromatic heterocycles. The van der Waals surface area contributed by atoms with Crippen LogP contribution in [0.4, 0.5) is 11.4 Å². The summed E-state index contributed by atoms with van der Waals surface area (Å²) in [6.07, 6.45) is -0.167. The lowest BCUT2D eigenvalue weighted by molar-refractivity contribution is -0.121. The van der Waals surface area contributed by atoms with Gasteiger partial charge in [0.25, 0.3) is 10.1 Å². The Morgan fingerprint density at radius 2 is 1.94 bits per heavy atom. The van der Waals surface area contributed by atoms with Crippen molar-refractivity contribution in [3.05, 3.63) is 18.2 Å². The maximum absolute atomic E-state index is 11.5. The van der Waals surface area contributed by atoms with E-state index in [9.17, 15) is 18.0 Å². The lowest BCUT2D eigenvalue weighted by atomic mass is 10.2. The van der Waals surface area contributed by atoms with E-state index in [-0.39, 0.29) is 30.3 Å². The van der Waals surface area contributed by atoms with Gasteiger partial charge < -0.3 is 10.6 Å². The third-order valence-corrected chi connectivity index (χ3v) is 3.49. The van der Waals surface area contributed by atoms with Crippen LogP contribution >= 0.6 is 0 Å². The normalized spacial score (nSPS) is 16.4. The van der Waals surface area contributed by atoms with Crippen LogP contribution in [0.3, 0.4) is 0 Å². The number of Topliss-reactive ketones (excluding diaryl/α,β-unsaturated/α-hetero) is 1. The zero-order valence-corrected chi connectivity index (χ0v) is 9.98. The van der Waals surface area contributed by atoms with Gasteiger partial charge in [-0.05, 0) is 18.2 Å². The molecule has 1 aliphatic rings. The molecule has 1 saturated heterocycles. The molecule has 1 amide bonds. The number of carbonyl (C=O) groups is 2. The largest absolute Gasteiger partial charge is 0.398 e. The number of nitrogens with two attached hydrogens (primary N) is 1. The molecule has 8 heteroatoms. The van der Waals surface area contributed by atoms with Crippen molar-refractivity contribution < 1.29 is 22.6 Å². The first-order valence-electron chi connectivity index (χ1n) is 4.98. The Hall–Kier alpha value is -1.93. The van der Waals surface area contributed by atoms with Crippen LogP contribution in [0.15, 0.2) is 23.1 Å². The van der Waals surface area contributed by atoms with Gasteiger partial charge in [-0.25, -0.2) is 0 Å². The monoisotopic (exact) mass is 270 g/mol. The molecule has 2 rings (SSSR count). The molecule has 0 atom stereocenters. The molecular weight excluding hydrogens is 260 g/mol. The third kappa shape index (κ3) is 2.20. The Morgan fingerprint density at radius 3 is 2.39 bits per heavy atom. The Bertz CT molecular complexity index is 638. The van der Waals surface area contributed by atoms with Gasteiger partial charge >= 0.3 is 0 Å². The number of benzene rings is 1. The van der Waals surface area contributed by atoms with Crippen LogP contribution in [-0.4, -0.2) is 31.2 Å². The molecule has 0 spiro atoms. The molecule has 18 heavy (non-hydrogen) atoms. The van der Waals surface area contributed by atoms with Crippen LogP contribution in [0.1, 0.15) is 6.42 Å². The molecule has 0 aliphatic carbocycles. The highest BCUT2D eigenvalue weighted by atomic mass is 32.2. The summed E-state index contributed by atoms with van der Waals surface area (Å²) >= 11 is 0. The van der Waals surface area contributed by atoms with Crippen molar-refractivity contribution in [2.75, 3.05) is 17.2 Å². The maximum atomic E-state index is 11.5. The van der Waals surface area contributed by atoms with Crippen LogP contribution in [0.25, 0.3) is 0 Å². The highest BCUT2D eigenvalue weighted by molar-refractivity contribution is 7.86. The average Bonchev–Trinajstić information content (AvgIpc) is 2.55. The van der Waals surface area contributed by atoms with Gasteiger partial charge in [0.2, 0.25) is 5.91 Å². The van der Waals surface area contributed by atoms with E-state index < -0.39 is 15.0 Å². The Balaban J connectivity index is 2.41. The summed E-state index contributed by atoms with van der Waals surface area (Å²) in [4.78, 5) is 23.4. The standard InChI is InChI=1S/C10H10N2O5S/c11-8-3-6(1-2-9(8)18(15,16)17)12-5-7(13)4-10(12)14/h1-3H,4-5,11H2,(H,15,16,17). The highest BCUT2D eigenvalue weighted by Gasteiger charge is 2.29. The molecule has 0 saturated carbocycles. The van der Waals surface area contributed by atoms with E-state index in [2.05, 4.69) is 0 Å². The second kappa shape index (κ2) is 4.07. The number of anilines is 2. The lowest BCUT2D eigenvalue weighted by Gasteiger charge is -2.15. The summed E-state index contributed by atoms with van der Waals surface area (Å²) < 4.78 is 30.8. The molecule has 96 valence electrons. The SMILES string of the molecule is Nc1cc(N2CC(=O)CC2=O)ccc1S(=O)(=O)O. The number of ketones is 1. The summed E-state index contributed by atoms with van der Waals surface area (Å²) in [5, 5.41) is 0. The van der Waals surface area contributed by atoms with Gasteiger partial charge in [0, 0.05) is 5.69 Å². The van der Waals surface area contributed by atoms with Crippen molar-refractivity contribution in [2.24, 2.45) is 0 Å². The van der Waals surface area contributed by atoms with Gasteiger partial charge in [0.15, 0.2) is 5.78 Å². The highest BCUT2D eigenvalue weighted by Crippen LogP contribution is 2.26. The minimum atomic E-state index is -4.39. The molecule has 1 fully saturated rings.